The number of likely N-dealkylation sites (N-methyl/N-ethyl adjacent to an activating group) is 1. The number of halogens is 1. The van der Waals surface area contributed by atoms with Crippen LogP contribution < -0.4 is 5.32 Å². The predicted octanol–water partition coefficient (Wildman–Crippen LogP) is 4.80. The second kappa shape index (κ2) is 9.29. The molecular formula is C24H25FN2O. The lowest BCUT2D eigenvalue weighted by Crippen LogP contribution is -2.36. The molecule has 0 radical (unpaired) electrons. The van der Waals surface area contributed by atoms with Gasteiger partial charge in [-0.2, -0.15) is 0 Å². The summed E-state index contributed by atoms with van der Waals surface area (Å²) in [6, 6.07) is 24.8. The largest absolute Gasteiger partial charge is 0.348 e. The molecule has 0 bridgehead atoms. The van der Waals surface area contributed by atoms with Gasteiger partial charge in [0.05, 0.1) is 12.6 Å². The highest BCUT2D eigenvalue weighted by Gasteiger charge is 2.12. The average Bonchev–Trinajstić information content (AvgIpc) is 2.68. The van der Waals surface area contributed by atoms with E-state index in [9.17, 15) is 9.18 Å². The molecule has 4 heteroatoms. The topological polar surface area (TPSA) is 32.3 Å². The molecule has 3 aromatic rings. The Morgan fingerprint density at radius 3 is 2.32 bits per heavy atom. The van der Waals surface area contributed by atoms with Crippen molar-refractivity contribution in [2.45, 2.75) is 19.5 Å². The van der Waals surface area contributed by atoms with E-state index in [1.807, 2.05) is 55.3 Å². The first-order valence-electron chi connectivity index (χ1n) is 9.39. The first-order valence-corrected chi connectivity index (χ1v) is 9.39. The summed E-state index contributed by atoms with van der Waals surface area (Å²) in [6.45, 7) is 2.75. The van der Waals surface area contributed by atoms with Crippen molar-refractivity contribution in [3.05, 3.63) is 95.8 Å². The Hall–Kier alpha value is -2.98. The Kier molecular flexibility index (Phi) is 6.56. The first kappa shape index (κ1) is 19.8. The Morgan fingerprint density at radius 2 is 1.64 bits per heavy atom. The molecule has 0 saturated heterocycles. The van der Waals surface area contributed by atoms with E-state index in [0.717, 1.165) is 16.7 Å². The van der Waals surface area contributed by atoms with Crippen LogP contribution in [0.15, 0.2) is 78.9 Å². The summed E-state index contributed by atoms with van der Waals surface area (Å²) in [7, 11) is 1.85. The van der Waals surface area contributed by atoms with E-state index < -0.39 is 0 Å². The molecule has 1 atom stereocenters. The number of amides is 1. The van der Waals surface area contributed by atoms with Crippen molar-refractivity contribution in [2.24, 2.45) is 0 Å². The second-order valence-electron chi connectivity index (χ2n) is 7.08. The minimum Gasteiger partial charge on any atom is -0.348 e. The molecule has 1 unspecified atom stereocenters. The molecule has 0 heterocycles. The number of carbonyl (C=O) groups is 1. The summed E-state index contributed by atoms with van der Waals surface area (Å²) in [6.07, 6.45) is 0. The quantitative estimate of drug-likeness (QED) is 0.642. The van der Waals surface area contributed by atoms with Crippen LogP contribution in [0.4, 0.5) is 4.39 Å². The summed E-state index contributed by atoms with van der Waals surface area (Å²) >= 11 is 0. The third-order valence-electron chi connectivity index (χ3n) is 4.65. The Labute approximate surface area is 165 Å². The molecule has 3 nitrogen and oxygen atoms in total. The number of nitrogens with zero attached hydrogens (tertiary/aromatic N) is 1. The SMILES string of the molecule is CC(NC(=O)CN(C)Cc1cccc(F)c1)c1ccc(-c2ccccc2)cc1. The lowest BCUT2D eigenvalue weighted by Gasteiger charge is -2.19. The summed E-state index contributed by atoms with van der Waals surface area (Å²) in [5.41, 5.74) is 4.23. The van der Waals surface area contributed by atoms with Gasteiger partial charge in [-0.1, -0.05) is 66.7 Å². The van der Waals surface area contributed by atoms with Crippen molar-refractivity contribution >= 4 is 5.91 Å². The molecule has 0 fully saturated rings. The number of nitrogens with one attached hydrogen (secondary N) is 1. The van der Waals surface area contributed by atoms with Crippen molar-refractivity contribution < 1.29 is 9.18 Å². The normalized spacial score (nSPS) is 12.0. The highest BCUT2D eigenvalue weighted by atomic mass is 19.1. The molecule has 0 aliphatic heterocycles. The molecule has 0 spiro atoms. The highest BCUT2D eigenvalue weighted by Crippen LogP contribution is 2.21. The number of hydrogen-bond acceptors (Lipinski definition) is 2. The van der Waals surface area contributed by atoms with Crippen molar-refractivity contribution in [2.75, 3.05) is 13.6 Å². The number of carbonyl (C=O) groups excluding carboxylic acids is 1. The van der Waals surface area contributed by atoms with Gasteiger partial charge in [0, 0.05) is 6.54 Å². The standard InChI is InChI=1S/C24H25FN2O/c1-18(20-11-13-22(14-12-20)21-8-4-3-5-9-21)26-24(28)17-27(2)16-19-7-6-10-23(25)15-19/h3-15,18H,16-17H2,1-2H3,(H,26,28). The van der Waals surface area contributed by atoms with E-state index in [1.54, 1.807) is 6.07 Å². The third kappa shape index (κ3) is 5.51. The zero-order chi connectivity index (χ0) is 19.9. The van der Waals surface area contributed by atoms with Crippen LogP contribution in [0.1, 0.15) is 24.1 Å². The number of rotatable bonds is 7. The van der Waals surface area contributed by atoms with Gasteiger partial charge in [-0.3, -0.25) is 9.69 Å². The lowest BCUT2D eigenvalue weighted by molar-refractivity contribution is -0.122. The van der Waals surface area contributed by atoms with E-state index in [0.29, 0.717) is 6.54 Å². The van der Waals surface area contributed by atoms with E-state index >= 15 is 0 Å². The molecule has 0 aliphatic rings. The van der Waals surface area contributed by atoms with E-state index in [-0.39, 0.29) is 24.3 Å². The number of benzene rings is 3. The van der Waals surface area contributed by atoms with Gasteiger partial charge < -0.3 is 5.32 Å². The van der Waals surface area contributed by atoms with Crippen LogP contribution in [-0.4, -0.2) is 24.4 Å². The van der Waals surface area contributed by atoms with Gasteiger partial charge in [-0.05, 0) is 48.4 Å². The summed E-state index contributed by atoms with van der Waals surface area (Å²) < 4.78 is 13.3. The van der Waals surface area contributed by atoms with Gasteiger partial charge in [-0.25, -0.2) is 4.39 Å². The summed E-state index contributed by atoms with van der Waals surface area (Å²) in [5, 5.41) is 3.03. The fourth-order valence-electron chi connectivity index (χ4n) is 3.21. The van der Waals surface area contributed by atoms with Crippen LogP contribution in [-0.2, 0) is 11.3 Å². The molecule has 0 saturated carbocycles. The van der Waals surface area contributed by atoms with Gasteiger partial charge in [0.1, 0.15) is 5.82 Å². The van der Waals surface area contributed by atoms with Gasteiger partial charge in [0.25, 0.3) is 0 Å². The van der Waals surface area contributed by atoms with Crippen LogP contribution in [0.3, 0.4) is 0 Å². The van der Waals surface area contributed by atoms with Crippen LogP contribution in [0.25, 0.3) is 11.1 Å². The number of hydrogen-bond donors (Lipinski definition) is 1. The Bertz CT molecular complexity index is 909. The van der Waals surface area contributed by atoms with Gasteiger partial charge in [-0.15, -0.1) is 0 Å². The van der Waals surface area contributed by atoms with Gasteiger partial charge in [0.15, 0.2) is 0 Å². The maximum absolute atomic E-state index is 13.3. The van der Waals surface area contributed by atoms with E-state index in [1.165, 1.54) is 17.7 Å². The maximum Gasteiger partial charge on any atom is 0.234 e. The van der Waals surface area contributed by atoms with Crippen LogP contribution in [0, 0.1) is 5.82 Å². The minimum atomic E-state index is -0.261. The first-order chi connectivity index (χ1) is 13.5. The smallest absolute Gasteiger partial charge is 0.234 e. The fraction of sp³-hybridized carbons (Fsp3) is 0.208. The average molecular weight is 376 g/mol. The Balaban J connectivity index is 1.53. The van der Waals surface area contributed by atoms with Gasteiger partial charge in [0.2, 0.25) is 5.91 Å². The fourth-order valence-corrected chi connectivity index (χ4v) is 3.21. The summed E-state index contributed by atoms with van der Waals surface area (Å²) in [5.74, 6) is -0.318. The maximum atomic E-state index is 13.3. The molecule has 3 aromatic carbocycles. The highest BCUT2D eigenvalue weighted by molar-refractivity contribution is 5.78. The lowest BCUT2D eigenvalue weighted by atomic mass is 10.0. The van der Waals surface area contributed by atoms with Crippen LogP contribution in [0.5, 0.6) is 0 Å². The van der Waals surface area contributed by atoms with Crippen LogP contribution in [0.2, 0.25) is 0 Å². The third-order valence-corrected chi connectivity index (χ3v) is 4.65. The molecule has 1 amide bonds. The molecule has 3 rings (SSSR count). The molecule has 28 heavy (non-hydrogen) atoms. The van der Waals surface area contributed by atoms with Crippen molar-refractivity contribution in [1.82, 2.24) is 10.2 Å². The van der Waals surface area contributed by atoms with E-state index in [4.69, 9.17) is 0 Å². The Morgan fingerprint density at radius 1 is 0.964 bits per heavy atom. The van der Waals surface area contributed by atoms with Gasteiger partial charge >= 0.3 is 0 Å². The zero-order valence-electron chi connectivity index (χ0n) is 16.2. The van der Waals surface area contributed by atoms with Crippen LogP contribution >= 0.6 is 0 Å². The molecule has 1 N–H and O–H groups in total. The molecule has 0 aromatic heterocycles. The molecular weight excluding hydrogens is 351 g/mol. The zero-order valence-corrected chi connectivity index (χ0v) is 16.2. The summed E-state index contributed by atoms with van der Waals surface area (Å²) in [4.78, 5) is 14.2. The second-order valence-corrected chi connectivity index (χ2v) is 7.08. The van der Waals surface area contributed by atoms with Crippen molar-refractivity contribution in [3.63, 3.8) is 0 Å². The predicted molar refractivity (Wildman–Crippen MR) is 111 cm³/mol. The van der Waals surface area contributed by atoms with E-state index in [2.05, 4.69) is 29.6 Å². The van der Waals surface area contributed by atoms with Crippen molar-refractivity contribution in [1.29, 1.82) is 0 Å². The monoisotopic (exact) mass is 376 g/mol. The minimum absolute atomic E-state index is 0.0569. The van der Waals surface area contributed by atoms with Crippen molar-refractivity contribution in [3.8, 4) is 11.1 Å². The molecule has 144 valence electrons. The molecule has 0 aliphatic carbocycles.